The average Bonchev–Trinajstić information content (AvgIpc) is 3.37. The molecule has 2 atom stereocenters. The highest BCUT2D eigenvalue weighted by Crippen LogP contribution is 2.44. The van der Waals surface area contributed by atoms with Gasteiger partial charge in [0.2, 0.25) is 0 Å². The lowest BCUT2D eigenvalue weighted by Gasteiger charge is -2.42. The van der Waals surface area contributed by atoms with Crippen LogP contribution in [0.5, 0.6) is 0 Å². The van der Waals surface area contributed by atoms with E-state index in [2.05, 4.69) is 10.6 Å². The van der Waals surface area contributed by atoms with E-state index in [-0.39, 0.29) is 23.9 Å². The molecule has 1 aliphatic heterocycles. The van der Waals surface area contributed by atoms with Gasteiger partial charge < -0.3 is 15.4 Å². The normalized spacial score (nSPS) is 28.5. The van der Waals surface area contributed by atoms with Crippen molar-refractivity contribution in [3.8, 4) is 0 Å². The second-order valence-corrected chi connectivity index (χ2v) is 8.00. The van der Waals surface area contributed by atoms with Crippen molar-refractivity contribution < 1.29 is 13.9 Å². The summed E-state index contributed by atoms with van der Waals surface area (Å²) in [5.74, 6) is 0.106. The third kappa shape index (κ3) is 3.97. The van der Waals surface area contributed by atoms with Gasteiger partial charge in [-0.15, -0.1) is 0 Å². The fourth-order valence-electron chi connectivity index (χ4n) is 4.51. The van der Waals surface area contributed by atoms with Crippen molar-refractivity contribution in [3.63, 3.8) is 0 Å². The van der Waals surface area contributed by atoms with Gasteiger partial charge in [0.15, 0.2) is 0 Å². The Bertz CT molecular complexity index is 603. The van der Waals surface area contributed by atoms with Crippen molar-refractivity contribution in [2.24, 2.45) is 5.41 Å². The minimum absolute atomic E-state index is 0.0532. The molecule has 25 heavy (non-hydrogen) atoms. The van der Waals surface area contributed by atoms with Gasteiger partial charge in [-0.1, -0.05) is 12.1 Å². The summed E-state index contributed by atoms with van der Waals surface area (Å²) in [5.41, 5.74) is 1.57. The summed E-state index contributed by atoms with van der Waals surface area (Å²) in [4.78, 5) is 12.3. The first-order valence-electron chi connectivity index (χ1n) is 9.54. The van der Waals surface area contributed by atoms with Crippen LogP contribution in [0.2, 0.25) is 0 Å². The highest BCUT2D eigenvalue weighted by Gasteiger charge is 2.40. The Morgan fingerprint density at radius 1 is 1.04 bits per heavy atom. The number of halogens is 1. The molecule has 1 heterocycles. The predicted octanol–water partition coefficient (Wildman–Crippen LogP) is 3.72. The van der Waals surface area contributed by atoms with Gasteiger partial charge in [0.25, 0.3) is 0 Å². The van der Waals surface area contributed by atoms with E-state index in [0.29, 0.717) is 11.3 Å². The van der Waals surface area contributed by atoms with Gasteiger partial charge in [-0.25, -0.2) is 9.18 Å². The molecule has 0 bridgehead atoms. The summed E-state index contributed by atoms with van der Waals surface area (Å²) in [6.45, 7) is 1.79. The van der Waals surface area contributed by atoms with E-state index >= 15 is 0 Å². The Morgan fingerprint density at radius 2 is 1.72 bits per heavy atom. The standard InChI is InChI=1S/C20H27FN2O2/c21-15-3-1-14(2-4-15)17-13-18(17)23-19(24)22-16-5-7-20(8-6-16)9-11-25-12-10-20/h1-4,16-18H,5-13H2,(H2,22,23,24)/t17-,18+/m0/s1. The Hall–Kier alpha value is -1.62. The van der Waals surface area contributed by atoms with Gasteiger partial charge in [0, 0.05) is 31.2 Å². The van der Waals surface area contributed by atoms with Crippen molar-refractivity contribution in [2.75, 3.05) is 13.2 Å². The molecule has 3 aliphatic rings. The molecule has 2 aliphatic carbocycles. The molecule has 0 radical (unpaired) electrons. The highest BCUT2D eigenvalue weighted by molar-refractivity contribution is 5.75. The van der Waals surface area contributed by atoms with Crippen LogP contribution in [-0.2, 0) is 4.74 Å². The van der Waals surface area contributed by atoms with Crippen molar-refractivity contribution in [1.29, 1.82) is 0 Å². The number of hydrogen-bond donors (Lipinski definition) is 2. The van der Waals surface area contributed by atoms with Crippen molar-refractivity contribution in [1.82, 2.24) is 10.6 Å². The molecule has 4 rings (SSSR count). The Balaban J connectivity index is 1.21. The number of benzene rings is 1. The van der Waals surface area contributed by atoms with Crippen LogP contribution in [0, 0.1) is 11.2 Å². The Morgan fingerprint density at radius 3 is 2.40 bits per heavy atom. The maximum absolute atomic E-state index is 13.0. The maximum atomic E-state index is 13.0. The zero-order chi connectivity index (χ0) is 17.3. The van der Waals surface area contributed by atoms with Crippen LogP contribution in [0.25, 0.3) is 0 Å². The van der Waals surface area contributed by atoms with Gasteiger partial charge in [-0.2, -0.15) is 0 Å². The number of amides is 2. The van der Waals surface area contributed by atoms with Crippen LogP contribution in [0.4, 0.5) is 9.18 Å². The molecule has 1 aromatic carbocycles. The molecule has 1 spiro atoms. The highest BCUT2D eigenvalue weighted by atomic mass is 19.1. The van der Waals surface area contributed by atoms with Crippen LogP contribution in [0.1, 0.15) is 56.4 Å². The molecule has 2 saturated carbocycles. The fraction of sp³-hybridized carbons (Fsp3) is 0.650. The van der Waals surface area contributed by atoms with E-state index in [1.807, 2.05) is 12.1 Å². The summed E-state index contributed by atoms with van der Waals surface area (Å²) >= 11 is 0. The summed E-state index contributed by atoms with van der Waals surface area (Å²) in [6, 6.07) is 7.01. The first kappa shape index (κ1) is 16.8. The quantitative estimate of drug-likeness (QED) is 0.876. The third-order valence-corrected chi connectivity index (χ3v) is 6.34. The number of hydrogen-bond acceptors (Lipinski definition) is 2. The molecule has 1 saturated heterocycles. The van der Waals surface area contributed by atoms with Gasteiger partial charge in [0.05, 0.1) is 0 Å². The monoisotopic (exact) mass is 346 g/mol. The number of carbonyl (C=O) groups is 1. The van der Waals surface area contributed by atoms with Crippen LogP contribution < -0.4 is 10.6 Å². The Kier molecular flexibility index (Phi) is 4.67. The van der Waals surface area contributed by atoms with Crippen molar-refractivity contribution in [2.45, 2.75) is 62.9 Å². The summed E-state index contributed by atoms with van der Waals surface area (Å²) in [5, 5.41) is 6.22. The minimum Gasteiger partial charge on any atom is -0.381 e. The van der Waals surface area contributed by atoms with Gasteiger partial charge in [0.1, 0.15) is 5.82 Å². The first-order valence-corrected chi connectivity index (χ1v) is 9.54. The molecule has 1 aromatic rings. The molecule has 3 fully saturated rings. The average molecular weight is 346 g/mol. The van der Waals surface area contributed by atoms with Gasteiger partial charge in [-0.3, -0.25) is 0 Å². The van der Waals surface area contributed by atoms with E-state index in [1.165, 1.54) is 37.8 Å². The number of nitrogens with one attached hydrogen (secondary N) is 2. The molecular weight excluding hydrogens is 319 g/mol. The van der Waals surface area contributed by atoms with E-state index in [4.69, 9.17) is 4.74 Å². The molecule has 0 unspecified atom stereocenters. The number of urea groups is 1. The largest absolute Gasteiger partial charge is 0.381 e. The van der Waals surface area contributed by atoms with Crippen molar-refractivity contribution >= 4 is 6.03 Å². The van der Waals surface area contributed by atoms with E-state index in [1.54, 1.807) is 0 Å². The van der Waals surface area contributed by atoms with Gasteiger partial charge >= 0.3 is 6.03 Å². The molecule has 136 valence electrons. The van der Waals surface area contributed by atoms with E-state index < -0.39 is 0 Å². The first-order chi connectivity index (χ1) is 12.1. The number of ether oxygens (including phenoxy) is 1. The SMILES string of the molecule is O=C(NC1CCC2(CCOCC2)CC1)N[C@@H]1C[C@H]1c1ccc(F)cc1. The lowest BCUT2D eigenvalue weighted by Crippen LogP contribution is -2.46. The summed E-state index contributed by atoms with van der Waals surface area (Å²) in [6.07, 6.45) is 7.82. The van der Waals surface area contributed by atoms with Crippen LogP contribution in [-0.4, -0.2) is 31.3 Å². The molecule has 2 amide bonds. The maximum Gasteiger partial charge on any atom is 0.315 e. The van der Waals surface area contributed by atoms with Crippen LogP contribution >= 0.6 is 0 Å². The number of carbonyl (C=O) groups excluding carboxylic acids is 1. The van der Waals surface area contributed by atoms with E-state index in [0.717, 1.165) is 38.0 Å². The smallest absolute Gasteiger partial charge is 0.315 e. The zero-order valence-corrected chi connectivity index (χ0v) is 14.6. The fourth-order valence-corrected chi connectivity index (χ4v) is 4.51. The predicted molar refractivity (Wildman–Crippen MR) is 94.0 cm³/mol. The molecular formula is C20H27FN2O2. The van der Waals surface area contributed by atoms with E-state index in [9.17, 15) is 9.18 Å². The van der Waals surface area contributed by atoms with Gasteiger partial charge in [-0.05, 0) is 68.1 Å². The molecule has 2 N–H and O–H groups in total. The lowest BCUT2D eigenvalue weighted by molar-refractivity contribution is -0.00860. The summed E-state index contributed by atoms with van der Waals surface area (Å²) in [7, 11) is 0. The lowest BCUT2D eigenvalue weighted by atomic mass is 9.68. The molecule has 0 aromatic heterocycles. The van der Waals surface area contributed by atoms with Crippen LogP contribution in [0.15, 0.2) is 24.3 Å². The van der Waals surface area contributed by atoms with Crippen molar-refractivity contribution in [3.05, 3.63) is 35.6 Å². The topological polar surface area (TPSA) is 50.4 Å². The molecule has 5 heteroatoms. The zero-order valence-electron chi connectivity index (χ0n) is 14.6. The minimum atomic E-state index is -0.216. The molecule has 4 nitrogen and oxygen atoms in total. The second kappa shape index (κ2) is 6.94. The van der Waals surface area contributed by atoms with Crippen LogP contribution in [0.3, 0.4) is 0 Å². The third-order valence-electron chi connectivity index (χ3n) is 6.34. The second-order valence-electron chi connectivity index (χ2n) is 8.00. The summed E-state index contributed by atoms with van der Waals surface area (Å²) < 4.78 is 18.5. The number of rotatable bonds is 3. The Labute approximate surface area is 148 Å².